The summed E-state index contributed by atoms with van der Waals surface area (Å²) in [5.41, 5.74) is 3.26. The number of aliphatic imine (C=N–C) groups is 1. The topological polar surface area (TPSA) is 75.4 Å². The maximum absolute atomic E-state index is 5.91. The standard InChI is InChI=1S/C21H29N5O3.HI/c1-15-10-16-11-19(27-3)17(12-20(16)29-15)13-23-21(22-2)26-7-5-25(6-8-26)14-18-4-9-28-24-18;/h4,9,11-12,15H,5-8,10,13-14H2,1-3H3,(H,22,23);1H. The largest absolute Gasteiger partial charge is 0.496 e. The molecule has 1 atom stereocenters. The van der Waals surface area contributed by atoms with E-state index in [1.54, 1.807) is 13.4 Å². The maximum Gasteiger partial charge on any atom is 0.194 e. The number of piperazine rings is 1. The minimum Gasteiger partial charge on any atom is -0.496 e. The molecule has 0 saturated carbocycles. The number of methoxy groups -OCH3 is 1. The summed E-state index contributed by atoms with van der Waals surface area (Å²) in [4.78, 5) is 9.15. The molecule has 1 saturated heterocycles. The number of rotatable bonds is 5. The Bertz CT molecular complexity index is 851. The lowest BCUT2D eigenvalue weighted by molar-refractivity contribution is 0.169. The predicted octanol–water partition coefficient (Wildman–Crippen LogP) is 2.52. The van der Waals surface area contributed by atoms with Crippen molar-refractivity contribution < 1.29 is 14.0 Å². The summed E-state index contributed by atoms with van der Waals surface area (Å²) in [6, 6.07) is 6.11. The number of hydrogen-bond acceptors (Lipinski definition) is 6. The molecule has 1 aromatic carbocycles. The first kappa shape index (κ1) is 22.7. The molecule has 8 nitrogen and oxygen atoms in total. The van der Waals surface area contributed by atoms with Crippen molar-refractivity contribution in [2.45, 2.75) is 32.5 Å². The molecule has 9 heteroatoms. The monoisotopic (exact) mass is 527 g/mol. The van der Waals surface area contributed by atoms with Gasteiger partial charge in [-0.3, -0.25) is 9.89 Å². The Kier molecular flexibility index (Phi) is 7.81. The highest BCUT2D eigenvalue weighted by Crippen LogP contribution is 2.34. The number of guanidine groups is 1. The fourth-order valence-electron chi connectivity index (χ4n) is 3.98. The van der Waals surface area contributed by atoms with E-state index in [0.717, 1.165) is 67.9 Å². The highest BCUT2D eigenvalue weighted by Gasteiger charge is 2.23. The van der Waals surface area contributed by atoms with Crippen molar-refractivity contribution in [2.24, 2.45) is 4.99 Å². The molecule has 2 aliphatic heterocycles. The third kappa shape index (κ3) is 5.18. The van der Waals surface area contributed by atoms with Crippen LogP contribution in [0.2, 0.25) is 0 Å². The van der Waals surface area contributed by atoms with Gasteiger partial charge in [-0.1, -0.05) is 5.16 Å². The van der Waals surface area contributed by atoms with Crippen LogP contribution in [0.15, 0.2) is 34.0 Å². The number of hydrogen-bond donors (Lipinski definition) is 1. The zero-order chi connectivity index (χ0) is 20.2. The minimum atomic E-state index is 0. The van der Waals surface area contributed by atoms with Crippen LogP contribution in [-0.4, -0.2) is 67.4 Å². The lowest BCUT2D eigenvalue weighted by Gasteiger charge is -2.36. The van der Waals surface area contributed by atoms with Gasteiger partial charge in [-0.15, -0.1) is 24.0 Å². The van der Waals surface area contributed by atoms with Crippen molar-refractivity contribution >= 4 is 29.9 Å². The number of halogens is 1. The molecule has 2 aromatic rings. The van der Waals surface area contributed by atoms with Crippen LogP contribution in [0.4, 0.5) is 0 Å². The Morgan fingerprint density at radius 3 is 2.77 bits per heavy atom. The first-order valence-electron chi connectivity index (χ1n) is 10.1. The quantitative estimate of drug-likeness (QED) is 0.364. The summed E-state index contributed by atoms with van der Waals surface area (Å²) in [6.45, 7) is 7.30. The molecule has 0 spiro atoms. The van der Waals surface area contributed by atoms with Gasteiger partial charge >= 0.3 is 0 Å². The van der Waals surface area contributed by atoms with E-state index in [9.17, 15) is 0 Å². The number of nitrogens with zero attached hydrogens (tertiary/aromatic N) is 4. The minimum absolute atomic E-state index is 0. The van der Waals surface area contributed by atoms with Gasteiger partial charge in [0.1, 0.15) is 23.9 Å². The van der Waals surface area contributed by atoms with Crippen molar-refractivity contribution in [3.63, 3.8) is 0 Å². The first-order chi connectivity index (χ1) is 14.2. The van der Waals surface area contributed by atoms with Gasteiger partial charge < -0.3 is 24.2 Å². The van der Waals surface area contributed by atoms with Gasteiger partial charge in [-0.25, -0.2) is 0 Å². The Morgan fingerprint density at radius 2 is 2.10 bits per heavy atom. The summed E-state index contributed by atoms with van der Waals surface area (Å²) < 4.78 is 16.4. The van der Waals surface area contributed by atoms with E-state index >= 15 is 0 Å². The zero-order valence-corrected chi connectivity index (χ0v) is 20.1. The molecule has 3 heterocycles. The highest BCUT2D eigenvalue weighted by molar-refractivity contribution is 14.0. The van der Waals surface area contributed by atoms with Gasteiger partial charge in [0.05, 0.1) is 12.8 Å². The van der Waals surface area contributed by atoms with Crippen molar-refractivity contribution in [3.05, 3.63) is 41.3 Å². The van der Waals surface area contributed by atoms with Gasteiger partial charge in [-0.05, 0) is 19.1 Å². The molecule has 4 rings (SSSR count). The summed E-state index contributed by atoms with van der Waals surface area (Å²) in [5.74, 6) is 2.76. The molecule has 1 fully saturated rings. The van der Waals surface area contributed by atoms with E-state index in [1.807, 2.05) is 13.1 Å². The molecule has 1 unspecified atom stereocenters. The van der Waals surface area contributed by atoms with E-state index < -0.39 is 0 Å². The SMILES string of the molecule is CN=C(NCc1cc2c(cc1OC)CC(C)O2)N1CCN(Cc2ccon2)CC1.I. The number of fused-ring (bicyclic) bond motifs is 1. The smallest absolute Gasteiger partial charge is 0.194 e. The number of ether oxygens (including phenoxy) is 2. The Morgan fingerprint density at radius 1 is 1.30 bits per heavy atom. The third-order valence-corrected chi connectivity index (χ3v) is 5.50. The molecule has 0 radical (unpaired) electrons. The fraction of sp³-hybridized carbons (Fsp3) is 0.524. The molecular weight excluding hydrogens is 497 g/mol. The molecule has 0 aliphatic carbocycles. The normalized spacial score (nSPS) is 19.1. The van der Waals surface area contributed by atoms with Crippen LogP contribution in [0, 0.1) is 0 Å². The van der Waals surface area contributed by atoms with E-state index in [0.29, 0.717) is 6.54 Å². The molecule has 0 bridgehead atoms. The third-order valence-electron chi connectivity index (χ3n) is 5.50. The van der Waals surface area contributed by atoms with Gasteiger partial charge in [0.25, 0.3) is 0 Å². The van der Waals surface area contributed by atoms with Crippen LogP contribution in [0.3, 0.4) is 0 Å². The van der Waals surface area contributed by atoms with Crippen LogP contribution in [-0.2, 0) is 19.5 Å². The Balaban J connectivity index is 0.00000256. The van der Waals surface area contributed by atoms with Gasteiger partial charge in [-0.2, -0.15) is 0 Å². The zero-order valence-electron chi connectivity index (χ0n) is 17.8. The van der Waals surface area contributed by atoms with E-state index in [-0.39, 0.29) is 30.1 Å². The molecule has 1 N–H and O–H groups in total. The molecule has 0 amide bonds. The molecule has 2 aliphatic rings. The van der Waals surface area contributed by atoms with Gasteiger partial charge in [0.15, 0.2) is 5.96 Å². The molecule has 1 aromatic heterocycles. The average molecular weight is 527 g/mol. The Hall–Kier alpha value is -2.01. The predicted molar refractivity (Wildman–Crippen MR) is 126 cm³/mol. The first-order valence-corrected chi connectivity index (χ1v) is 10.1. The fourth-order valence-corrected chi connectivity index (χ4v) is 3.98. The molecule has 30 heavy (non-hydrogen) atoms. The van der Waals surface area contributed by atoms with Crippen LogP contribution < -0.4 is 14.8 Å². The van der Waals surface area contributed by atoms with Crippen molar-refractivity contribution in [1.82, 2.24) is 20.3 Å². The highest BCUT2D eigenvalue weighted by atomic mass is 127. The molecule has 164 valence electrons. The van der Waals surface area contributed by atoms with Gasteiger partial charge in [0, 0.05) is 69.9 Å². The second-order valence-electron chi connectivity index (χ2n) is 7.56. The Labute approximate surface area is 194 Å². The number of nitrogens with one attached hydrogen (secondary N) is 1. The van der Waals surface area contributed by atoms with Crippen molar-refractivity contribution in [1.29, 1.82) is 0 Å². The second kappa shape index (κ2) is 10.3. The van der Waals surface area contributed by atoms with Crippen LogP contribution in [0.25, 0.3) is 0 Å². The summed E-state index contributed by atoms with van der Waals surface area (Å²) >= 11 is 0. The van der Waals surface area contributed by atoms with Crippen molar-refractivity contribution in [3.8, 4) is 11.5 Å². The average Bonchev–Trinajstić information content (AvgIpc) is 3.37. The van der Waals surface area contributed by atoms with Crippen LogP contribution in [0.5, 0.6) is 11.5 Å². The second-order valence-corrected chi connectivity index (χ2v) is 7.56. The van der Waals surface area contributed by atoms with E-state index in [2.05, 4.69) is 44.3 Å². The molecular formula is C21H30IN5O3. The number of aromatic nitrogens is 1. The van der Waals surface area contributed by atoms with Crippen LogP contribution in [0.1, 0.15) is 23.7 Å². The summed E-state index contributed by atoms with van der Waals surface area (Å²) in [6.07, 6.45) is 2.77. The van der Waals surface area contributed by atoms with E-state index in [1.165, 1.54) is 5.56 Å². The maximum atomic E-state index is 5.91. The van der Waals surface area contributed by atoms with Crippen molar-refractivity contribution in [2.75, 3.05) is 40.3 Å². The lowest BCUT2D eigenvalue weighted by atomic mass is 10.1. The van der Waals surface area contributed by atoms with Gasteiger partial charge in [0.2, 0.25) is 0 Å². The van der Waals surface area contributed by atoms with Crippen LogP contribution >= 0.6 is 24.0 Å². The summed E-state index contributed by atoms with van der Waals surface area (Å²) in [7, 11) is 3.54. The van der Waals surface area contributed by atoms with E-state index in [4.69, 9.17) is 14.0 Å². The summed E-state index contributed by atoms with van der Waals surface area (Å²) in [5, 5.41) is 7.49. The lowest BCUT2D eigenvalue weighted by Crippen LogP contribution is -2.52. The number of benzene rings is 1.